The highest BCUT2D eigenvalue weighted by atomic mass is 16.5. The molecule has 2 aromatic rings. The smallest absolute Gasteiger partial charge is 0.160 e. The molecule has 0 heterocycles. The number of hydrogen-bond donors (Lipinski definition) is 2. The molecule has 0 saturated heterocycles. The number of nitrogens with one attached hydrogen (secondary N) is 1. The largest absolute Gasteiger partial charge is 0.504 e. The van der Waals surface area contributed by atoms with Gasteiger partial charge >= 0.3 is 0 Å². The summed E-state index contributed by atoms with van der Waals surface area (Å²) in [6.45, 7) is 1.99. The molecule has 4 heteroatoms. The van der Waals surface area contributed by atoms with Gasteiger partial charge in [-0.05, 0) is 42.3 Å². The number of ether oxygens (including phenoxy) is 1. The van der Waals surface area contributed by atoms with Gasteiger partial charge in [-0.2, -0.15) is 5.26 Å². The van der Waals surface area contributed by atoms with E-state index < -0.39 is 6.04 Å². The SMILES string of the molecule is COc1ccc(C(C#N)Nc2cccc(C)c2)cc1O. The Morgan fingerprint density at radius 2 is 2.05 bits per heavy atom. The van der Waals surface area contributed by atoms with Crippen LogP contribution in [0.1, 0.15) is 17.2 Å². The summed E-state index contributed by atoms with van der Waals surface area (Å²) in [5.41, 5.74) is 2.67. The summed E-state index contributed by atoms with van der Waals surface area (Å²) in [7, 11) is 1.49. The third kappa shape index (κ3) is 3.01. The van der Waals surface area contributed by atoms with Crippen LogP contribution in [-0.4, -0.2) is 12.2 Å². The minimum absolute atomic E-state index is 0.0243. The normalized spacial score (nSPS) is 11.4. The molecule has 0 saturated carbocycles. The molecule has 0 aliphatic heterocycles. The van der Waals surface area contributed by atoms with E-state index in [1.807, 2.05) is 31.2 Å². The van der Waals surface area contributed by atoms with Crippen LogP contribution in [0.4, 0.5) is 5.69 Å². The maximum atomic E-state index is 9.78. The third-order valence-corrected chi connectivity index (χ3v) is 2.99. The fourth-order valence-electron chi connectivity index (χ4n) is 1.98. The average molecular weight is 268 g/mol. The monoisotopic (exact) mass is 268 g/mol. The summed E-state index contributed by atoms with van der Waals surface area (Å²) in [4.78, 5) is 0. The van der Waals surface area contributed by atoms with Crippen molar-refractivity contribution >= 4 is 5.69 Å². The molecule has 0 aliphatic carbocycles. The second-order valence-corrected chi connectivity index (χ2v) is 4.51. The van der Waals surface area contributed by atoms with E-state index >= 15 is 0 Å². The van der Waals surface area contributed by atoms with E-state index in [1.54, 1.807) is 12.1 Å². The highest BCUT2D eigenvalue weighted by Gasteiger charge is 2.13. The molecule has 20 heavy (non-hydrogen) atoms. The number of aromatic hydroxyl groups is 1. The second-order valence-electron chi connectivity index (χ2n) is 4.51. The van der Waals surface area contributed by atoms with Crippen molar-refractivity contribution in [3.05, 3.63) is 53.6 Å². The highest BCUT2D eigenvalue weighted by Crippen LogP contribution is 2.30. The summed E-state index contributed by atoms with van der Waals surface area (Å²) < 4.78 is 4.99. The minimum atomic E-state index is -0.534. The van der Waals surface area contributed by atoms with Crippen molar-refractivity contribution in [1.82, 2.24) is 0 Å². The van der Waals surface area contributed by atoms with Crippen molar-refractivity contribution in [2.45, 2.75) is 13.0 Å². The van der Waals surface area contributed by atoms with Crippen LogP contribution in [0.25, 0.3) is 0 Å². The van der Waals surface area contributed by atoms with Crippen LogP contribution in [0, 0.1) is 18.3 Å². The number of phenols is 1. The van der Waals surface area contributed by atoms with Crippen LogP contribution < -0.4 is 10.1 Å². The first-order chi connectivity index (χ1) is 9.63. The number of anilines is 1. The fourth-order valence-corrected chi connectivity index (χ4v) is 1.98. The number of hydrogen-bond acceptors (Lipinski definition) is 4. The third-order valence-electron chi connectivity index (χ3n) is 2.99. The molecule has 0 bridgehead atoms. The summed E-state index contributed by atoms with van der Waals surface area (Å²) in [5.74, 6) is 0.414. The molecule has 1 unspecified atom stereocenters. The summed E-state index contributed by atoms with van der Waals surface area (Å²) >= 11 is 0. The van der Waals surface area contributed by atoms with Gasteiger partial charge in [-0.1, -0.05) is 18.2 Å². The van der Waals surface area contributed by atoms with E-state index in [0.29, 0.717) is 11.3 Å². The van der Waals surface area contributed by atoms with Gasteiger partial charge in [0.1, 0.15) is 6.04 Å². The lowest BCUT2D eigenvalue weighted by molar-refractivity contribution is 0.373. The average Bonchev–Trinajstić information content (AvgIpc) is 2.44. The van der Waals surface area contributed by atoms with Crippen LogP contribution in [0.5, 0.6) is 11.5 Å². The van der Waals surface area contributed by atoms with E-state index in [2.05, 4.69) is 11.4 Å². The van der Waals surface area contributed by atoms with Gasteiger partial charge in [0.25, 0.3) is 0 Å². The van der Waals surface area contributed by atoms with E-state index in [-0.39, 0.29) is 5.75 Å². The van der Waals surface area contributed by atoms with Gasteiger partial charge < -0.3 is 15.2 Å². The van der Waals surface area contributed by atoms with E-state index in [1.165, 1.54) is 13.2 Å². The quantitative estimate of drug-likeness (QED) is 0.892. The molecule has 102 valence electrons. The molecule has 1 atom stereocenters. The highest BCUT2D eigenvalue weighted by molar-refractivity contribution is 5.51. The Labute approximate surface area is 118 Å². The zero-order chi connectivity index (χ0) is 14.5. The molecular formula is C16H16N2O2. The number of rotatable bonds is 4. The van der Waals surface area contributed by atoms with Crippen molar-refractivity contribution in [1.29, 1.82) is 5.26 Å². The van der Waals surface area contributed by atoms with Crippen molar-refractivity contribution in [3.63, 3.8) is 0 Å². The lowest BCUT2D eigenvalue weighted by atomic mass is 10.1. The van der Waals surface area contributed by atoms with Crippen LogP contribution in [0.15, 0.2) is 42.5 Å². The Hall–Kier alpha value is -2.67. The Balaban J connectivity index is 2.25. The first kappa shape index (κ1) is 13.8. The lowest BCUT2D eigenvalue weighted by Crippen LogP contribution is -2.08. The number of methoxy groups -OCH3 is 1. The van der Waals surface area contributed by atoms with Gasteiger partial charge in [0.2, 0.25) is 0 Å². The molecule has 0 amide bonds. The van der Waals surface area contributed by atoms with Gasteiger partial charge in [0, 0.05) is 5.69 Å². The lowest BCUT2D eigenvalue weighted by Gasteiger charge is -2.15. The van der Waals surface area contributed by atoms with Gasteiger partial charge in [-0.25, -0.2) is 0 Å². The first-order valence-electron chi connectivity index (χ1n) is 6.24. The van der Waals surface area contributed by atoms with Crippen LogP contribution >= 0.6 is 0 Å². The van der Waals surface area contributed by atoms with Crippen LogP contribution in [-0.2, 0) is 0 Å². The molecule has 2 N–H and O–H groups in total. The second kappa shape index (κ2) is 5.98. The molecule has 4 nitrogen and oxygen atoms in total. The number of benzene rings is 2. The van der Waals surface area contributed by atoms with E-state index in [0.717, 1.165) is 11.3 Å². The summed E-state index contributed by atoms with van der Waals surface area (Å²) in [5, 5.41) is 22.2. The molecule has 2 aromatic carbocycles. The standard InChI is InChI=1S/C16H16N2O2/c1-11-4-3-5-13(8-11)18-14(10-17)12-6-7-16(20-2)15(19)9-12/h3-9,14,18-19H,1-2H3. The maximum absolute atomic E-state index is 9.78. The number of nitrogens with zero attached hydrogens (tertiary/aromatic N) is 1. The maximum Gasteiger partial charge on any atom is 0.160 e. The zero-order valence-corrected chi connectivity index (χ0v) is 11.4. The van der Waals surface area contributed by atoms with Crippen LogP contribution in [0.3, 0.4) is 0 Å². The minimum Gasteiger partial charge on any atom is -0.504 e. The number of nitriles is 1. The fraction of sp³-hybridized carbons (Fsp3) is 0.188. The number of aryl methyl sites for hydroxylation is 1. The van der Waals surface area contributed by atoms with E-state index in [9.17, 15) is 10.4 Å². The molecular weight excluding hydrogens is 252 g/mol. The van der Waals surface area contributed by atoms with Crippen LogP contribution in [0.2, 0.25) is 0 Å². The Morgan fingerprint density at radius 3 is 2.65 bits per heavy atom. The van der Waals surface area contributed by atoms with Gasteiger partial charge in [0.05, 0.1) is 13.2 Å². The zero-order valence-electron chi connectivity index (χ0n) is 11.4. The molecule has 2 rings (SSSR count). The Bertz CT molecular complexity index is 647. The molecule has 0 fully saturated rings. The summed E-state index contributed by atoms with van der Waals surface area (Å²) in [6.07, 6.45) is 0. The topological polar surface area (TPSA) is 65.3 Å². The molecule has 0 spiro atoms. The van der Waals surface area contributed by atoms with Crippen molar-refractivity contribution in [2.24, 2.45) is 0 Å². The predicted octanol–water partition coefficient (Wildman–Crippen LogP) is 3.39. The Kier molecular flexibility index (Phi) is 4.11. The number of phenolic OH excluding ortho intramolecular Hbond substituents is 1. The van der Waals surface area contributed by atoms with Crippen molar-refractivity contribution in [3.8, 4) is 17.6 Å². The predicted molar refractivity (Wildman–Crippen MR) is 77.8 cm³/mol. The Morgan fingerprint density at radius 1 is 1.25 bits per heavy atom. The van der Waals surface area contributed by atoms with E-state index in [4.69, 9.17) is 4.74 Å². The van der Waals surface area contributed by atoms with Gasteiger partial charge in [-0.3, -0.25) is 0 Å². The summed E-state index contributed by atoms with van der Waals surface area (Å²) in [6, 6.07) is 14.4. The molecule has 0 aromatic heterocycles. The van der Waals surface area contributed by atoms with Gasteiger partial charge in [-0.15, -0.1) is 0 Å². The van der Waals surface area contributed by atoms with Crippen molar-refractivity contribution in [2.75, 3.05) is 12.4 Å². The molecule has 0 aliphatic rings. The van der Waals surface area contributed by atoms with Gasteiger partial charge in [0.15, 0.2) is 11.5 Å². The molecule has 0 radical (unpaired) electrons. The first-order valence-corrected chi connectivity index (χ1v) is 6.24. The van der Waals surface area contributed by atoms with Crippen molar-refractivity contribution < 1.29 is 9.84 Å².